The van der Waals surface area contributed by atoms with Crippen LogP contribution in [0.5, 0.6) is 11.5 Å². The highest BCUT2D eigenvalue weighted by Gasteiger charge is 2.23. The zero-order valence-corrected chi connectivity index (χ0v) is 9.65. The van der Waals surface area contributed by atoms with E-state index in [1.54, 1.807) is 6.20 Å². The molecule has 0 amide bonds. The number of hydrogen-bond donors (Lipinski definition) is 1. The third kappa shape index (κ3) is 1.26. The molecule has 2 heterocycles. The van der Waals surface area contributed by atoms with Crippen LogP contribution in [0.3, 0.4) is 0 Å². The van der Waals surface area contributed by atoms with Gasteiger partial charge < -0.3 is 19.7 Å². The molecule has 0 saturated carbocycles. The van der Waals surface area contributed by atoms with Gasteiger partial charge in [-0.25, -0.2) is 0 Å². The molecule has 82 valence electrons. The molecular formula is C10H7BrN2O3. The van der Waals surface area contributed by atoms with Gasteiger partial charge in [0, 0.05) is 5.56 Å². The summed E-state index contributed by atoms with van der Waals surface area (Å²) in [7, 11) is 0. The van der Waals surface area contributed by atoms with Gasteiger partial charge in [-0.1, -0.05) is 5.16 Å². The van der Waals surface area contributed by atoms with Gasteiger partial charge in [0.05, 0.1) is 16.2 Å². The Hall–Kier alpha value is -1.69. The molecule has 5 nitrogen and oxygen atoms in total. The first-order chi connectivity index (χ1) is 7.77. The zero-order chi connectivity index (χ0) is 11.1. The van der Waals surface area contributed by atoms with Crippen LogP contribution in [0.1, 0.15) is 0 Å². The van der Waals surface area contributed by atoms with Crippen molar-refractivity contribution >= 4 is 21.8 Å². The first-order valence-corrected chi connectivity index (χ1v) is 5.35. The van der Waals surface area contributed by atoms with E-state index < -0.39 is 0 Å². The highest BCUT2D eigenvalue weighted by Crippen LogP contribution is 2.46. The molecule has 0 unspecified atom stereocenters. The highest BCUT2D eigenvalue weighted by molar-refractivity contribution is 9.10. The van der Waals surface area contributed by atoms with Crippen LogP contribution in [0.25, 0.3) is 11.1 Å². The Morgan fingerprint density at radius 3 is 2.75 bits per heavy atom. The predicted octanol–water partition coefficient (Wildman–Crippen LogP) is 2.42. The summed E-state index contributed by atoms with van der Waals surface area (Å²) in [6, 6.07) is 3.75. The van der Waals surface area contributed by atoms with E-state index >= 15 is 0 Å². The van der Waals surface area contributed by atoms with E-state index in [9.17, 15) is 0 Å². The fraction of sp³-hybridized carbons (Fsp3) is 0.100. The molecule has 0 atom stereocenters. The zero-order valence-electron chi connectivity index (χ0n) is 8.07. The van der Waals surface area contributed by atoms with Crippen molar-refractivity contribution in [2.24, 2.45) is 0 Å². The number of nitrogens with zero attached hydrogens (tertiary/aromatic N) is 1. The second-order valence-corrected chi connectivity index (χ2v) is 4.12. The van der Waals surface area contributed by atoms with Crippen LogP contribution in [-0.2, 0) is 0 Å². The number of aromatic nitrogens is 1. The Morgan fingerprint density at radius 2 is 2.00 bits per heavy atom. The van der Waals surface area contributed by atoms with Gasteiger partial charge in [-0.3, -0.25) is 0 Å². The van der Waals surface area contributed by atoms with Crippen molar-refractivity contribution < 1.29 is 14.0 Å². The van der Waals surface area contributed by atoms with Gasteiger partial charge in [-0.15, -0.1) is 0 Å². The van der Waals surface area contributed by atoms with E-state index in [2.05, 4.69) is 21.1 Å². The number of fused-ring (bicyclic) bond motifs is 1. The molecular weight excluding hydrogens is 276 g/mol. The van der Waals surface area contributed by atoms with Crippen molar-refractivity contribution in [1.82, 2.24) is 5.16 Å². The average Bonchev–Trinajstić information content (AvgIpc) is 2.88. The van der Waals surface area contributed by atoms with E-state index in [1.165, 1.54) is 0 Å². The van der Waals surface area contributed by atoms with Gasteiger partial charge in [0.2, 0.25) is 12.7 Å². The second kappa shape index (κ2) is 3.41. The Bertz CT molecular complexity index is 553. The normalized spacial score (nSPS) is 13.1. The Kier molecular flexibility index (Phi) is 2.03. The van der Waals surface area contributed by atoms with E-state index in [1.807, 2.05) is 12.1 Å². The van der Waals surface area contributed by atoms with Gasteiger partial charge >= 0.3 is 0 Å². The summed E-state index contributed by atoms with van der Waals surface area (Å²) in [5, 5.41) is 3.64. The van der Waals surface area contributed by atoms with Gasteiger partial charge in [-0.05, 0) is 28.1 Å². The number of hydrogen-bond acceptors (Lipinski definition) is 5. The Morgan fingerprint density at radius 1 is 1.19 bits per heavy atom. The fourth-order valence-electron chi connectivity index (χ4n) is 1.63. The van der Waals surface area contributed by atoms with E-state index in [0.29, 0.717) is 17.1 Å². The van der Waals surface area contributed by atoms with Crippen molar-refractivity contribution in [3.8, 4) is 22.6 Å². The smallest absolute Gasteiger partial charge is 0.231 e. The largest absolute Gasteiger partial charge is 0.453 e. The van der Waals surface area contributed by atoms with Crippen LogP contribution in [-0.4, -0.2) is 11.9 Å². The molecule has 1 aliphatic heterocycles. The monoisotopic (exact) mass is 282 g/mol. The summed E-state index contributed by atoms with van der Waals surface area (Å²) in [6.45, 7) is 0.204. The summed E-state index contributed by atoms with van der Waals surface area (Å²) in [5.41, 5.74) is 7.18. The minimum absolute atomic E-state index is 0.204. The fourth-order valence-corrected chi connectivity index (χ4v) is 2.05. The lowest BCUT2D eigenvalue weighted by molar-refractivity contribution is 0.174. The van der Waals surface area contributed by atoms with E-state index in [-0.39, 0.29) is 12.7 Å². The highest BCUT2D eigenvalue weighted by atomic mass is 79.9. The van der Waals surface area contributed by atoms with Crippen LogP contribution < -0.4 is 15.2 Å². The molecule has 0 saturated heterocycles. The number of benzene rings is 1. The molecule has 0 bridgehead atoms. The maximum absolute atomic E-state index is 5.67. The van der Waals surface area contributed by atoms with Gasteiger partial charge in [0.15, 0.2) is 11.5 Å². The summed E-state index contributed by atoms with van der Waals surface area (Å²) in [6.07, 6.45) is 1.56. The minimum atomic E-state index is 0.204. The summed E-state index contributed by atoms with van der Waals surface area (Å²) < 4.78 is 16.4. The Balaban J connectivity index is 2.23. The molecule has 1 aliphatic rings. The molecule has 6 heteroatoms. The quantitative estimate of drug-likeness (QED) is 0.870. The van der Waals surface area contributed by atoms with Gasteiger partial charge in [0.25, 0.3) is 0 Å². The van der Waals surface area contributed by atoms with E-state index in [4.69, 9.17) is 19.7 Å². The summed E-state index contributed by atoms with van der Waals surface area (Å²) in [4.78, 5) is 0. The van der Waals surface area contributed by atoms with Gasteiger partial charge in [-0.2, -0.15) is 0 Å². The third-order valence-electron chi connectivity index (χ3n) is 2.36. The predicted molar refractivity (Wildman–Crippen MR) is 60.2 cm³/mol. The lowest BCUT2D eigenvalue weighted by Gasteiger charge is -2.04. The molecule has 0 fully saturated rings. The van der Waals surface area contributed by atoms with Crippen LogP contribution in [0.15, 0.2) is 27.3 Å². The lowest BCUT2D eigenvalue weighted by atomic mass is 10.1. The number of nitrogen functional groups attached to an aromatic ring is 1. The molecule has 2 N–H and O–H groups in total. The molecule has 1 aromatic carbocycles. The first kappa shape index (κ1) is 9.53. The SMILES string of the molecule is Nc1oncc1-c1ccc(Br)c2c1OCO2. The molecule has 0 radical (unpaired) electrons. The van der Waals surface area contributed by atoms with Crippen molar-refractivity contribution in [3.05, 3.63) is 22.8 Å². The first-order valence-electron chi connectivity index (χ1n) is 4.56. The number of halogens is 1. The van der Waals surface area contributed by atoms with Crippen molar-refractivity contribution in [1.29, 1.82) is 0 Å². The number of rotatable bonds is 1. The molecule has 0 spiro atoms. The second-order valence-electron chi connectivity index (χ2n) is 3.26. The molecule has 2 aromatic rings. The topological polar surface area (TPSA) is 70.5 Å². The van der Waals surface area contributed by atoms with Crippen molar-refractivity contribution in [2.45, 2.75) is 0 Å². The molecule has 16 heavy (non-hydrogen) atoms. The van der Waals surface area contributed by atoms with Crippen LogP contribution in [0, 0.1) is 0 Å². The maximum atomic E-state index is 5.67. The summed E-state index contributed by atoms with van der Waals surface area (Å²) >= 11 is 3.39. The standard InChI is InChI=1S/C10H7BrN2O3/c11-7-2-1-5(6-3-13-16-10(6)12)8-9(7)15-4-14-8/h1-3H,4,12H2. The van der Waals surface area contributed by atoms with Crippen LogP contribution in [0.4, 0.5) is 5.88 Å². The minimum Gasteiger partial charge on any atom is -0.453 e. The summed E-state index contributed by atoms with van der Waals surface area (Å²) in [5.74, 6) is 1.60. The molecule has 1 aromatic heterocycles. The molecule has 3 rings (SSSR count). The van der Waals surface area contributed by atoms with Crippen molar-refractivity contribution in [3.63, 3.8) is 0 Å². The van der Waals surface area contributed by atoms with Crippen LogP contribution in [0.2, 0.25) is 0 Å². The number of ether oxygens (including phenoxy) is 2. The lowest BCUT2D eigenvalue weighted by Crippen LogP contribution is -1.94. The third-order valence-corrected chi connectivity index (χ3v) is 2.98. The number of nitrogens with two attached hydrogens (primary N) is 1. The molecule has 0 aliphatic carbocycles. The van der Waals surface area contributed by atoms with Gasteiger partial charge in [0.1, 0.15) is 0 Å². The number of anilines is 1. The maximum Gasteiger partial charge on any atom is 0.231 e. The van der Waals surface area contributed by atoms with Crippen molar-refractivity contribution in [2.75, 3.05) is 12.5 Å². The van der Waals surface area contributed by atoms with Crippen LogP contribution >= 0.6 is 15.9 Å². The Labute approximate surface area is 99.2 Å². The average molecular weight is 283 g/mol. The van der Waals surface area contributed by atoms with E-state index in [0.717, 1.165) is 10.0 Å².